The molecule has 1 heterocycles. The zero-order valence-corrected chi connectivity index (χ0v) is 11.8. The van der Waals surface area contributed by atoms with Crippen LogP contribution in [0, 0.1) is 0 Å². The van der Waals surface area contributed by atoms with Crippen molar-refractivity contribution in [3.05, 3.63) is 66.0 Å². The molecular formula is C16H16N2O4. The van der Waals surface area contributed by atoms with Gasteiger partial charge in [-0.1, -0.05) is 30.3 Å². The SMILES string of the molecule is O=C(O)[C@H](Cc1ccccc1)N(Cc1ccncc1)C(=O)O. The third kappa shape index (κ3) is 4.05. The van der Waals surface area contributed by atoms with Gasteiger partial charge in [0.15, 0.2) is 0 Å². The van der Waals surface area contributed by atoms with Crippen LogP contribution in [0.5, 0.6) is 0 Å². The average Bonchev–Trinajstić information content (AvgIpc) is 2.52. The molecule has 0 fully saturated rings. The molecule has 0 radical (unpaired) electrons. The van der Waals surface area contributed by atoms with Crippen molar-refractivity contribution in [1.82, 2.24) is 9.88 Å². The van der Waals surface area contributed by atoms with E-state index in [0.717, 1.165) is 10.5 Å². The summed E-state index contributed by atoms with van der Waals surface area (Å²) in [6.45, 7) is 0.00164. The van der Waals surface area contributed by atoms with Crippen molar-refractivity contribution in [2.75, 3.05) is 0 Å². The number of benzene rings is 1. The van der Waals surface area contributed by atoms with Crippen molar-refractivity contribution in [2.24, 2.45) is 0 Å². The summed E-state index contributed by atoms with van der Waals surface area (Å²) in [7, 11) is 0. The van der Waals surface area contributed by atoms with Crippen LogP contribution in [0.15, 0.2) is 54.9 Å². The Hall–Kier alpha value is -2.89. The minimum absolute atomic E-state index is 0.00164. The smallest absolute Gasteiger partial charge is 0.408 e. The van der Waals surface area contributed by atoms with E-state index in [1.165, 1.54) is 0 Å². The Bertz CT molecular complexity index is 574. The molecule has 0 saturated heterocycles. The molecule has 0 saturated carbocycles. The number of hydrogen-bond donors (Lipinski definition) is 2. The second-order valence-corrected chi connectivity index (χ2v) is 4.81. The Balaban J connectivity index is 2.22. The number of aromatic nitrogens is 1. The highest BCUT2D eigenvalue weighted by atomic mass is 16.4. The third-order valence-corrected chi connectivity index (χ3v) is 3.28. The molecule has 0 aliphatic rings. The van der Waals surface area contributed by atoms with E-state index in [0.29, 0.717) is 5.56 Å². The predicted octanol–water partition coefficient (Wildman–Crippen LogP) is 2.26. The summed E-state index contributed by atoms with van der Waals surface area (Å²) < 4.78 is 0. The first-order chi connectivity index (χ1) is 10.6. The number of carbonyl (C=O) groups is 2. The number of hydrogen-bond acceptors (Lipinski definition) is 3. The van der Waals surface area contributed by atoms with E-state index in [2.05, 4.69) is 4.98 Å². The molecule has 0 unspecified atom stereocenters. The Labute approximate surface area is 127 Å². The van der Waals surface area contributed by atoms with Gasteiger partial charge in [-0.15, -0.1) is 0 Å². The van der Waals surface area contributed by atoms with Crippen LogP contribution >= 0.6 is 0 Å². The molecule has 114 valence electrons. The number of pyridine rings is 1. The summed E-state index contributed by atoms with van der Waals surface area (Å²) in [4.78, 5) is 27.8. The normalized spacial score (nSPS) is 11.6. The Kier molecular flexibility index (Phi) is 5.08. The topological polar surface area (TPSA) is 90.7 Å². The number of amides is 1. The molecule has 2 N–H and O–H groups in total. The largest absolute Gasteiger partial charge is 0.480 e. The summed E-state index contributed by atoms with van der Waals surface area (Å²) in [5, 5.41) is 18.8. The first kappa shape index (κ1) is 15.5. The summed E-state index contributed by atoms with van der Waals surface area (Å²) >= 11 is 0. The van der Waals surface area contributed by atoms with Gasteiger partial charge in [-0.2, -0.15) is 0 Å². The Morgan fingerprint density at radius 3 is 2.18 bits per heavy atom. The molecule has 1 aromatic heterocycles. The minimum atomic E-state index is -1.26. The number of nitrogens with zero attached hydrogens (tertiary/aromatic N) is 2. The maximum absolute atomic E-state index is 11.5. The van der Waals surface area contributed by atoms with Gasteiger partial charge in [0.2, 0.25) is 0 Å². The van der Waals surface area contributed by atoms with E-state index in [1.54, 1.807) is 48.8 Å². The van der Waals surface area contributed by atoms with Gasteiger partial charge < -0.3 is 10.2 Å². The Morgan fingerprint density at radius 2 is 1.64 bits per heavy atom. The summed E-state index contributed by atoms with van der Waals surface area (Å²) in [5.74, 6) is -1.17. The minimum Gasteiger partial charge on any atom is -0.480 e. The summed E-state index contributed by atoms with van der Waals surface area (Å²) in [6, 6.07) is 11.2. The van der Waals surface area contributed by atoms with Crippen molar-refractivity contribution in [3.63, 3.8) is 0 Å². The van der Waals surface area contributed by atoms with Crippen molar-refractivity contribution in [2.45, 2.75) is 19.0 Å². The van der Waals surface area contributed by atoms with Crippen molar-refractivity contribution >= 4 is 12.1 Å². The fourth-order valence-corrected chi connectivity index (χ4v) is 2.16. The maximum Gasteiger partial charge on any atom is 0.408 e. The second kappa shape index (κ2) is 7.21. The molecule has 6 heteroatoms. The van der Waals surface area contributed by atoms with Crippen LogP contribution in [0.2, 0.25) is 0 Å². The molecule has 22 heavy (non-hydrogen) atoms. The zero-order valence-electron chi connectivity index (χ0n) is 11.8. The molecule has 1 amide bonds. The molecule has 2 aromatic rings. The quantitative estimate of drug-likeness (QED) is 0.854. The van der Waals surface area contributed by atoms with E-state index in [-0.39, 0.29) is 13.0 Å². The van der Waals surface area contributed by atoms with Gasteiger partial charge in [0.05, 0.1) is 6.54 Å². The fourth-order valence-electron chi connectivity index (χ4n) is 2.16. The first-order valence-corrected chi connectivity index (χ1v) is 6.73. The van der Waals surface area contributed by atoms with Crippen LogP contribution in [-0.2, 0) is 17.8 Å². The first-order valence-electron chi connectivity index (χ1n) is 6.73. The fraction of sp³-hybridized carbons (Fsp3) is 0.188. The highest BCUT2D eigenvalue weighted by Crippen LogP contribution is 2.14. The number of carboxylic acids is 1. The van der Waals surface area contributed by atoms with Gasteiger partial charge in [-0.3, -0.25) is 9.88 Å². The van der Waals surface area contributed by atoms with E-state index < -0.39 is 18.1 Å². The predicted molar refractivity (Wildman–Crippen MR) is 79.4 cm³/mol. The lowest BCUT2D eigenvalue weighted by molar-refractivity contribution is -0.142. The number of aliphatic carboxylic acids is 1. The lowest BCUT2D eigenvalue weighted by atomic mass is 10.0. The van der Waals surface area contributed by atoms with E-state index in [9.17, 15) is 19.8 Å². The van der Waals surface area contributed by atoms with Gasteiger partial charge in [0, 0.05) is 18.8 Å². The van der Waals surface area contributed by atoms with E-state index in [1.807, 2.05) is 6.07 Å². The van der Waals surface area contributed by atoms with Crippen LogP contribution in [0.25, 0.3) is 0 Å². The van der Waals surface area contributed by atoms with Gasteiger partial charge in [-0.25, -0.2) is 9.59 Å². The lowest BCUT2D eigenvalue weighted by Gasteiger charge is -2.26. The molecule has 0 bridgehead atoms. The van der Waals surface area contributed by atoms with Gasteiger partial charge in [0.1, 0.15) is 6.04 Å². The van der Waals surface area contributed by atoms with Crippen molar-refractivity contribution in [1.29, 1.82) is 0 Å². The number of carboxylic acid groups (broad SMARTS) is 2. The monoisotopic (exact) mass is 300 g/mol. The third-order valence-electron chi connectivity index (χ3n) is 3.28. The molecule has 2 rings (SSSR count). The average molecular weight is 300 g/mol. The van der Waals surface area contributed by atoms with Crippen LogP contribution < -0.4 is 0 Å². The summed E-state index contributed by atoms with van der Waals surface area (Å²) in [5.41, 5.74) is 1.47. The lowest BCUT2D eigenvalue weighted by Crippen LogP contribution is -2.45. The van der Waals surface area contributed by atoms with Crippen LogP contribution in [0.4, 0.5) is 4.79 Å². The van der Waals surface area contributed by atoms with Crippen LogP contribution in [-0.4, -0.2) is 38.2 Å². The molecule has 1 atom stereocenters. The maximum atomic E-state index is 11.5. The van der Waals surface area contributed by atoms with Gasteiger partial charge >= 0.3 is 12.1 Å². The second-order valence-electron chi connectivity index (χ2n) is 4.81. The standard InChI is InChI=1S/C16H16N2O4/c19-15(20)14(10-12-4-2-1-3-5-12)18(16(21)22)11-13-6-8-17-9-7-13/h1-9,14H,10-11H2,(H,19,20)(H,21,22)/t14-/m0/s1. The molecule has 0 aliphatic carbocycles. The van der Waals surface area contributed by atoms with Crippen LogP contribution in [0.1, 0.15) is 11.1 Å². The summed E-state index contributed by atoms with van der Waals surface area (Å²) in [6.07, 6.45) is 1.94. The number of rotatable bonds is 6. The highest BCUT2D eigenvalue weighted by molar-refractivity contribution is 5.79. The van der Waals surface area contributed by atoms with Gasteiger partial charge in [-0.05, 0) is 23.3 Å². The molecule has 6 nitrogen and oxygen atoms in total. The van der Waals surface area contributed by atoms with Crippen molar-refractivity contribution < 1.29 is 19.8 Å². The Morgan fingerprint density at radius 1 is 1.00 bits per heavy atom. The van der Waals surface area contributed by atoms with E-state index >= 15 is 0 Å². The van der Waals surface area contributed by atoms with Crippen LogP contribution in [0.3, 0.4) is 0 Å². The molecular weight excluding hydrogens is 284 g/mol. The van der Waals surface area contributed by atoms with E-state index in [4.69, 9.17) is 0 Å². The molecule has 1 aromatic carbocycles. The van der Waals surface area contributed by atoms with Crippen molar-refractivity contribution in [3.8, 4) is 0 Å². The zero-order chi connectivity index (χ0) is 15.9. The van der Waals surface area contributed by atoms with Gasteiger partial charge in [0.25, 0.3) is 0 Å². The highest BCUT2D eigenvalue weighted by Gasteiger charge is 2.29. The molecule has 0 aliphatic heterocycles. The molecule has 0 spiro atoms.